The number of hydrogen-bond acceptors (Lipinski definition) is 3. The van der Waals surface area contributed by atoms with Gasteiger partial charge in [0, 0.05) is 6.20 Å². The van der Waals surface area contributed by atoms with Gasteiger partial charge in [0.1, 0.15) is 6.04 Å². The first-order chi connectivity index (χ1) is 4.88. The van der Waals surface area contributed by atoms with Crippen molar-refractivity contribution in [2.45, 2.75) is 6.04 Å². The molecule has 1 heterocycles. The van der Waals surface area contributed by atoms with Gasteiger partial charge in [-0.15, -0.1) is 17.8 Å². The third-order valence-electron chi connectivity index (χ3n) is 1.19. The molecule has 1 unspecified atom stereocenters. The summed E-state index contributed by atoms with van der Waals surface area (Å²) >= 11 is 1.56. The van der Waals surface area contributed by atoms with Crippen LogP contribution < -0.4 is 5.32 Å². The van der Waals surface area contributed by atoms with Crippen LogP contribution in [0.2, 0.25) is 0 Å². The third-order valence-corrected chi connectivity index (χ3v) is 2.03. The van der Waals surface area contributed by atoms with E-state index >= 15 is 0 Å². The lowest BCUT2D eigenvalue weighted by atomic mass is 10.3. The summed E-state index contributed by atoms with van der Waals surface area (Å²) in [4.78, 5) is 5.01. The van der Waals surface area contributed by atoms with Crippen molar-refractivity contribution in [3.05, 3.63) is 16.6 Å². The van der Waals surface area contributed by atoms with E-state index in [0.29, 0.717) is 0 Å². The number of aromatic nitrogens is 1. The number of nitrogens with one attached hydrogen (secondary N) is 1. The average molecular weight is 152 g/mol. The summed E-state index contributed by atoms with van der Waals surface area (Å²) in [6.07, 6.45) is 7.02. The van der Waals surface area contributed by atoms with E-state index in [-0.39, 0.29) is 6.04 Å². The molecule has 0 amide bonds. The lowest BCUT2D eigenvalue weighted by molar-refractivity contribution is 0.748. The summed E-state index contributed by atoms with van der Waals surface area (Å²) in [5, 5.41) is 2.99. The first-order valence-electron chi connectivity index (χ1n) is 2.90. The molecule has 0 aliphatic carbocycles. The SMILES string of the molecule is C#CC(NC)c1cncs1. The number of rotatable bonds is 2. The second kappa shape index (κ2) is 3.35. The van der Waals surface area contributed by atoms with Gasteiger partial charge in [-0.2, -0.15) is 0 Å². The normalized spacial score (nSPS) is 12.4. The van der Waals surface area contributed by atoms with Crippen LogP contribution in [-0.2, 0) is 0 Å². The van der Waals surface area contributed by atoms with Gasteiger partial charge in [-0.1, -0.05) is 5.92 Å². The van der Waals surface area contributed by atoms with Crippen molar-refractivity contribution < 1.29 is 0 Å². The summed E-state index contributed by atoms with van der Waals surface area (Å²) in [6.45, 7) is 0. The van der Waals surface area contributed by atoms with E-state index in [0.717, 1.165) is 4.88 Å². The van der Waals surface area contributed by atoms with Gasteiger partial charge < -0.3 is 5.32 Å². The fourth-order valence-corrected chi connectivity index (χ4v) is 1.36. The van der Waals surface area contributed by atoms with E-state index in [9.17, 15) is 0 Å². The van der Waals surface area contributed by atoms with E-state index in [1.807, 2.05) is 7.05 Å². The summed E-state index contributed by atoms with van der Waals surface area (Å²) < 4.78 is 0. The van der Waals surface area contributed by atoms with Gasteiger partial charge in [-0.25, -0.2) is 0 Å². The minimum atomic E-state index is 0.0208. The van der Waals surface area contributed by atoms with Crippen molar-refractivity contribution in [2.75, 3.05) is 7.05 Å². The van der Waals surface area contributed by atoms with Crippen LogP contribution in [0.25, 0.3) is 0 Å². The Hall–Kier alpha value is -0.850. The van der Waals surface area contributed by atoms with Crippen LogP contribution >= 0.6 is 11.3 Å². The highest BCUT2D eigenvalue weighted by Gasteiger charge is 2.04. The molecular weight excluding hydrogens is 144 g/mol. The maximum Gasteiger partial charge on any atom is 0.105 e. The molecule has 1 N–H and O–H groups in total. The Morgan fingerprint density at radius 1 is 1.90 bits per heavy atom. The van der Waals surface area contributed by atoms with Crippen LogP contribution in [0.5, 0.6) is 0 Å². The molecule has 0 saturated carbocycles. The van der Waals surface area contributed by atoms with Crippen molar-refractivity contribution in [3.8, 4) is 12.3 Å². The highest BCUT2D eigenvalue weighted by molar-refractivity contribution is 7.09. The number of terminal acetylenes is 1. The van der Waals surface area contributed by atoms with Crippen LogP contribution in [0.3, 0.4) is 0 Å². The molecule has 52 valence electrons. The Bertz CT molecular complexity index is 222. The highest BCUT2D eigenvalue weighted by atomic mass is 32.1. The molecule has 0 aromatic carbocycles. The molecule has 0 aliphatic heterocycles. The monoisotopic (exact) mass is 152 g/mol. The van der Waals surface area contributed by atoms with Gasteiger partial charge >= 0.3 is 0 Å². The Morgan fingerprint density at radius 3 is 3.10 bits per heavy atom. The molecule has 0 bridgehead atoms. The zero-order valence-corrected chi connectivity index (χ0v) is 6.48. The highest BCUT2D eigenvalue weighted by Crippen LogP contribution is 2.14. The van der Waals surface area contributed by atoms with Crippen molar-refractivity contribution in [1.82, 2.24) is 10.3 Å². The average Bonchev–Trinajstić information content (AvgIpc) is 2.43. The summed E-state index contributed by atoms with van der Waals surface area (Å²) in [5.74, 6) is 2.61. The summed E-state index contributed by atoms with van der Waals surface area (Å²) in [7, 11) is 1.84. The predicted molar refractivity (Wildman–Crippen MR) is 42.7 cm³/mol. The molecular formula is C7H8N2S. The molecule has 0 aliphatic rings. The van der Waals surface area contributed by atoms with Gasteiger partial charge in [0.2, 0.25) is 0 Å². The van der Waals surface area contributed by atoms with Crippen LogP contribution in [0.4, 0.5) is 0 Å². The first kappa shape index (κ1) is 7.26. The standard InChI is InChI=1S/C7H8N2S/c1-3-6(8-2)7-4-9-5-10-7/h1,4-6,8H,2H3. The van der Waals surface area contributed by atoms with Crippen LogP contribution in [-0.4, -0.2) is 12.0 Å². The van der Waals surface area contributed by atoms with E-state index in [1.54, 1.807) is 23.0 Å². The van der Waals surface area contributed by atoms with Gasteiger partial charge in [-0.05, 0) is 7.05 Å². The molecule has 1 atom stereocenters. The number of hydrogen-bond donors (Lipinski definition) is 1. The zero-order chi connectivity index (χ0) is 7.40. The van der Waals surface area contributed by atoms with E-state index in [2.05, 4.69) is 16.2 Å². The Morgan fingerprint density at radius 2 is 2.70 bits per heavy atom. The van der Waals surface area contributed by atoms with E-state index in [1.165, 1.54) is 0 Å². The van der Waals surface area contributed by atoms with Crippen molar-refractivity contribution in [2.24, 2.45) is 0 Å². The van der Waals surface area contributed by atoms with Crippen molar-refractivity contribution in [3.63, 3.8) is 0 Å². The fourth-order valence-electron chi connectivity index (χ4n) is 0.676. The lowest BCUT2D eigenvalue weighted by Gasteiger charge is -2.03. The molecule has 0 fully saturated rings. The molecule has 3 heteroatoms. The molecule has 0 radical (unpaired) electrons. The van der Waals surface area contributed by atoms with Gasteiger partial charge in [0.25, 0.3) is 0 Å². The van der Waals surface area contributed by atoms with Gasteiger partial charge in [0.15, 0.2) is 0 Å². The molecule has 0 saturated heterocycles. The van der Waals surface area contributed by atoms with E-state index < -0.39 is 0 Å². The van der Waals surface area contributed by atoms with Crippen LogP contribution in [0, 0.1) is 12.3 Å². The largest absolute Gasteiger partial charge is 0.302 e. The van der Waals surface area contributed by atoms with Crippen molar-refractivity contribution in [1.29, 1.82) is 0 Å². The van der Waals surface area contributed by atoms with Crippen LogP contribution in [0.15, 0.2) is 11.7 Å². The number of thiazole rings is 1. The fraction of sp³-hybridized carbons (Fsp3) is 0.286. The molecule has 10 heavy (non-hydrogen) atoms. The van der Waals surface area contributed by atoms with E-state index in [4.69, 9.17) is 6.42 Å². The molecule has 1 aromatic rings. The molecule has 0 spiro atoms. The summed E-state index contributed by atoms with van der Waals surface area (Å²) in [5.41, 5.74) is 1.77. The minimum Gasteiger partial charge on any atom is -0.302 e. The Labute approximate surface area is 64.3 Å². The predicted octanol–water partition coefficient (Wildman–Crippen LogP) is 1.04. The topological polar surface area (TPSA) is 24.9 Å². The quantitative estimate of drug-likeness (QED) is 0.640. The Balaban J connectivity index is 2.76. The van der Waals surface area contributed by atoms with Crippen molar-refractivity contribution >= 4 is 11.3 Å². The summed E-state index contributed by atoms with van der Waals surface area (Å²) in [6, 6.07) is 0.0208. The minimum absolute atomic E-state index is 0.0208. The van der Waals surface area contributed by atoms with Crippen LogP contribution in [0.1, 0.15) is 10.9 Å². The Kier molecular flexibility index (Phi) is 2.43. The smallest absolute Gasteiger partial charge is 0.105 e. The molecule has 2 nitrogen and oxygen atoms in total. The van der Waals surface area contributed by atoms with Gasteiger partial charge in [-0.3, -0.25) is 4.98 Å². The maximum absolute atomic E-state index is 5.24. The molecule has 1 rings (SSSR count). The second-order valence-electron chi connectivity index (χ2n) is 1.79. The third kappa shape index (κ3) is 1.35. The zero-order valence-electron chi connectivity index (χ0n) is 5.66. The first-order valence-corrected chi connectivity index (χ1v) is 3.78. The van der Waals surface area contributed by atoms with Gasteiger partial charge in [0.05, 0.1) is 10.4 Å². The molecule has 1 aromatic heterocycles. The second-order valence-corrected chi connectivity index (χ2v) is 2.71. The maximum atomic E-state index is 5.24. The lowest BCUT2D eigenvalue weighted by Crippen LogP contribution is -2.12. The number of nitrogens with zero attached hydrogens (tertiary/aromatic N) is 1.